The quantitative estimate of drug-likeness (QED) is 0.429. The summed E-state index contributed by atoms with van der Waals surface area (Å²) in [5, 5.41) is 8.24. The van der Waals surface area contributed by atoms with Crippen LogP contribution in [0.3, 0.4) is 0 Å². The van der Waals surface area contributed by atoms with E-state index in [2.05, 4.69) is 10.2 Å². The van der Waals surface area contributed by atoms with E-state index < -0.39 is 6.10 Å². The Bertz CT molecular complexity index is 1080. The summed E-state index contributed by atoms with van der Waals surface area (Å²) in [6.45, 7) is 5.01. The number of ether oxygens (including phenoxy) is 3. The van der Waals surface area contributed by atoms with Gasteiger partial charge in [0, 0.05) is 6.54 Å². The van der Waals surface area contributed by atoms with Crippen LogP contribution >= 0.6 is 11.8 Å². The third-order valence-corrected chi connectivity index (χ3v) is 5.74. The predicted molar refractivity (Wildman–Crippen MR) is 119 cm³/mol. The second kappa shape index (κ2) is 10.6. The molecular formula is C23H24FN3O5S. The zero-order valence-electron chi connectivity index (χ0n) is 18.3. The van der Waals surface area contributed by atoms with Gasteiger partial charge in [0.1, 0.15) is 18.2 Å². The van der Waals surface area contributed by atoms with E-state index in [4.69, 9.17) is 18.6 Å². The van der Waals surface area contributed by atoms with Crippen molar-refractivity contribution in [1.29, 1.82) is 0 Å². The highest BCUT2D eigenvalue weighted by Crippen LogP contribution is 2.31. The number of aromatic nitrogens is 2. The van der Waals surface area contributed by atoms with Gasteiger partial charge >= 0.3 is 0 Å². The Morgan fingerprint density at radius 2 is 1.97 bits per heavy atom. The molecule has 3 aromatic rings. The summed E-state index contributed by atoms with van der Waals surface area (Å²) in [5.74, 6) is 1.89. The summed E-state index contributed by atoms with van der Waals surface area (Å²) in [4.78, 5) is 14.5. The van der Waals surface area contributed by atoms with Gasteiger partial charge in [0.05, 0.1) is 12.3 Å². The molecule has 0 saturated heterocycles. The minimum absolute atomic E-state index is 0.0691. The number of benzene rings is 2. The minimum Gasteiger partial charge on any atom is -0.486 e. The van der Waals surface area contributed by atoms with E-state index in [0.717, 1.165) is 11.8 Å². The molecule has 0 saturated carbocycles. The number of fused-ring (bicyclic) bond motifs is 1. The SMILES string of the molecule is CCN(CC1COc2ccccc2O1)C(=O)CSc1nnc(C(C)Oc2ccc(F)cc2)o1. The van der Waals surface area contributed by atoms with Gasteiger partial charge in [-0.25, -0.2) is 4.39 Å². The third-order valence-electron chi connectivity index (χ3n) is 4.94. The molecule has 1 aromatic heterocycles. The zero-order valence-corrected chi connectivity index (χ0v) is 19.1. The zero-order chi connectivity index (χ0) is 23.2. The number of hydrogen-bond donors (Lipinski definition) is 0. The molecule has 1 aliphatic heterocycles. The first kappa shape index (κ1) is 22.9. The van der Waals surface area contributed by atoms with Crippen molar-refractivity contribution in [3.63, 3.8) is 0 Å². The van der Waals surface area contributed by atoms with Crippen LogP contribution in [0.5, 0.6) is 17.2 Å². The maximum Gasteiger partial charge on any atom is 0.277 e. The van der Waals surface area contributed by atoms with Crippen LogP contribution in [0.15, 0.2) is 58.2 Å². The molecule has 0 radical (unpaired) electrons. The van der Waals surface area contributed by atoms with Gasteiger partial charge in [0.2, 0.25) is 5.91 Å². The number of carbonyl (C=O) groups excluding carboxylic acids is 1. The molecule has 1 amide bonds. The fraction of sp³-hybridized carbons (Fsp3) is 0.348. The maximum atomic E-state index is 13.0. The monoisotopic (exact) mass is 473 g/mol. The van der Waals surface area contributed by atoms with Crippen LogP contribution in [-0.4, -0.2) is 52.6 Å². The first-order chi connectivity index (χ1) is 16.0. The number of likely N-dealkylation sites (N-methyl/N-ethyl adjacent to an activating group) is 1. The van der Waals surface area contributed by atoms with Gasteiger partial charge in [0.25, 0.3) is 11.1 Å². The molecule has 2 atom stereocenters. The Morgan fingerprint density at radius 3 is 2.73 bits per heavy atom. The Kier molecular flexibility index (Phi) is 7.33. The molecule has 1 aliphatic rings. The summed E-state index contributed by atoms with van der Waals surface area (Å²) in [5.41, 5.74) is 0. The Balaban J connectivity index is 1.27. The number of para-hydroxylation sites is 2. The standard InChI is InChI=1S/C23H24FN3O5S/c1-3-27(12-18-13-29-19-6-4-5-7-20(19)31-18)21(28)14-33-23-26-25-22(32-23)15(2)30-17-10-8-16(24)9-11-17/h4-11,15,18H,3,12-14H2,1-2H3. The number of carbonyl (C=O) groups is 1. The van der Waals surface area contributed by atoms with Crippen molar-refractivity contribution in [2.24, 2.45) is 0 Å². The van der Waals surface area contributed by atoms with E-state index in [9.17, 15) is 9.18 Å². The van der Waals surface area contributed by atoms with Crippen molar-refractivity contribution in [2.75, 3.05) is 25.4 Å². The van der Waals surface area contributed by atoms with Crippen molar-refractivity contribution >= 4 is 17.7 Å². The Labute approximate surface area is 195 Å². The van der Waals surface area contributed by atoms with Gasteiger partial charge in [-0.3, -0.25) is 4.79 Å². The van der Waals surface area contributed by atoms with E-state index in [0.29, 0.717) is 36.9 Å². The largest absolute Gasteiger partial charge is 0.486 e. The fourth-order valence-corrected chi connectivity index (χ4v) is 3.90. The molecular weight excluding hydrogens is 449 g/mol. The van der Waals surface area contributed by atoms with Crippen molar-refractivity contribution in [3.05, 3.63) is 60.2 Å². The average Bonchev–Trinajstić information content (AvgIpc) is 3.31. The smallest absolute Gasteiger partial charge is 0.277 e. The predicted octanol–water partition coefficient (Wildman–Crippen LogP) is 4.13. The second-order valence-corrected chi connectivity index (χ2v) is 8.27. The first-order valence-electron chi connectivity index (χ1n) is 10.6. The lowest BCUT2D eigenvalue weighted by Gasteiger charge is -2.30. The number of halogens is 1. The van der Waals surface area contributed by atoms with E-state index in [1.54, 1.807) is 11.8 Å². The molecule has 10 heteroatoms. The lowest BCUT2D eigenvalue weighted by molar-refractivity contribution is -0.129. The molecule has 0 aliphatic carbocycles. The van der Waals surface area contributed by atoms with E-state index in [-0.39, 0.29) is 34.7 Å². The topological polar surface area (TPSA) is 86.9 Å². The van der Waals surface area contributed by atoms with E-state index >= 15 is 0 Å². The second-order valence-electron chi connectivity index (χ2n) is 7.34. The molecule has 0 spiro atoms. The lowest BCUT2D eigenvalue weighted by Crippen LogP contribution is -2.44. The van der Waals surface area contributed by atoms with Gasteiger partial charge in [-0.05, 0) is 50.2 Å². The molecule has 4 rings (SSSR count). The van der Waals surface area contributed by atoms with Crippen molar-refractivity contribution in [3.8, 4) is 17.2 Å². The molecule has 0 bridgehead atoms. The summed E-state index contributed by atoms with van der Waals surface area (Å²) in [6.07, 6.45) is -0.764. The van der Waals surface area contributed by atoms with Crippen LogP contribution in [0.1, 0.15) is 25.8 Å². The van der Waals surface area contributed by atoms with Crippen LogP contribution in [0.25, 0.3) is 0 Å². The average molecular weight is 474 g/mol. The van der Waals surface area contributed by atoms with Gasteiger partial charge in [-0.1, -0.05) is 23.9 Å². The molecule has 2 aromatic carbocycles. The molecule has 0 fully saturated rings. The fourth-order valence-electron chi connectivity index (χ4n) is 3.23. The summed E-state index contributed by atoms with van der Waals surface area (Å²) in [6, 6.07) is 13.1. The molecule has 174 valence electrons. The summed E-state index contributed by atoms with van der Waals surface area (Å²) >= 11 is 1.16. The molecule has 8 nitrogen and oxygen atoms in total. The van der Waals surface area contributed by atoms with Crippen molar-refractivity contribution in [1.82, 2.24) is 15.1 Å². The number of thioether (sulfide) groups is 1. The number of nitrogens with zero attached hydrogens (tertiary/aromatic N) is 3. The normalized spacial score (nSPS) is 15.7. The van der Waals surface area contributed by atoms with Crippen LogP contribution in [0.4, 0.5) is 4.39 Å². The first-order valence-corrected chi connectivity index (χ1v) is 11.5. The highest BCUT2D eigenvalue weighted by atomic mass is 32.2. The third kappa shape index (κ3) is 5.95. The molecule has 0 N–H and O–H groups in total. The van der Waals surface area contributed by atoms with Crippen LogP contribution < -0.4 is 14.2 Å². The summed E-state index contributed by atoms with van der Waals surface area (Å²) in [7, 11) is 0. The van der Waals surface area contributed by atoms with E-state index in [1.165, 1.54) is 24.3 Å². The van der Waals surface area contributed by atoms with Crippen molar-refractivity contribution < 1.29 is 27.8 Å². The summed E-state index contributed by atoms with van der Waals surface area (Å²) < 4.78 is 36.0. The van der Waals surface area contributed by atoms with Crippen LogP contribution in [-0.2, 0) is 4.79 Å². The minimum atomic E-state index is -0.522. The van der Waals surface area contributed by atoms with Gasteiger partial charge in [0.15, 0.2) is 23.7 Å². The Morgan fingerprint density at radius 1 is 1.21 bits per heavy atom. The van der Waals surface area contributed by atoms with Crippen LogP contribution in [0.2, 0.25) is 0 Å². The molecule has 2 unspecified atom stereocenters. The van der Waals surface area contributed by atoms with E-state index in [1.807, 2.05) is 31.2 Å². The number of amides is 1. The highest BCUT2D eigenvalue weighted by Gasteiger charge is 2.25. The van der Waals surface area contributed by atoms with Gasteiger partial charge in [-0.15, -0.1) is 10.2 Å². The van der Waals surface area contributed by atoms with Crippen molar-refractivity contribution in [2.45, 2.75) is 31.3 Å². The van der Waals surface area contributed by atoms with Gasteiger partial charge < -0.3 is 23.5 Å². The highest BCUT2D eigenvalue weighted by molar-refractivity contribution is 7.99. The van der Waals surface area contributed by atoms with Crippen LogP contribution in [0, 0.1) is 5.82 Å². The van der Waals surface area contributed by atoms with Gasteiger partial charge in [-0.2, -0.15) is 0 Å². The maximum absolute atomic E-state index is 13.0. The lowest BCUT2D eigenvalue weighted by atomic mass is 10.2. The molecule has 33 heavy (non-hydrogen) atoms. The number of hydrogen-bond acceptors (Lipinski definition) is 8. The Hall–Kier alpha value is -3.27. The molecule has 2 heterocycles. The number of rotatable bonds is 9.